The van der Waals surface area contributed by atoms with Gasteiger partial charge >= 0.3 is 0 Å². The summed E-state index contributed by atoms with van der Waals surface area (Å²) in [5.41, 5.74) is 0.873. The second-order valence-electron chi connectivity index (χ2n) is 3.58. The van der Waals surface area contributed by atoms with E-state index in [0.29, 0.717) is 0 Å². The summed E-state index contributed by atoms with van der Waals surface area (Å²) in [4.78, 5) is 4.21. The molecule has 0 unspecified atom stereocenters. The molecule has 17 heavy (non-hydrogen) atoms. The summed E-state index contributed by atoms with van der Waals surface area (Å²) < 4.78 is 8.72. The first-order valence-electron chi connectivity index (χ1n) is 5.18. The number of aromatic nitrogens is 2. The molecule has 0 aliphatic rings. The minimum atomic E-state index is 0.748. The molecule has 3 rings (SSSR count). The molecule has 0 N–H and O–H groups in total. The Morgan fingerprint density at radius 1 is 1.12 bits per heavy atom. The highest BCUT2D eigenvalue weighted by Gasteiger charge is 2.02. The lowest BCUT2D eigenvalue weighted by molar-refractivity contribution is 0.456. The minimum Gasteiger partial charge on any atom is -0.440 e. The van der Waals surface area contributed by atoms with E-state index in [9.17, 15) is 0 Å². The van der Waals surface area contributed by atoms with Gasteiger partial charge in [0.05, 0.1) is 0 Å². The van der Waals surface area contributed by atoms with E-state index in [4.69, 9.17) is 4.74 Å². The topological polar surface area (TPSA) is 26.5 Å². The number of benzene rings is 1. The summed E-state index contributed by atoms with van der Waals surface area (Å²) in [7, 11) is 0. The van der Waals surface area contributed by atoms with Gasteiger partial charge in [-0.2, -0.15) is 0 Å². The van der Waals surface area contributed by atoms with Crippen molar-refractivity contribution in [3.8, 4) is 11.6 Å². The molecule has 1 aromatic carbocycles. The maximum atomic E-state index is 5.82. The van der Waals surface area contributed by atoms with Crippen LogP contribution in [0.3, 0.4) is 0 Å². The maximum absolute atomic E-state index is 5.82. The second-order valence-corrected chi connectivity index (χ2v) is 4.49. The molecule has 0 aliphatic carbocycles. The van der Waals surface area contributed by atoms with Gasteiger partial charge in [0.2, 0.25) is 5.88 Å². The summed E-state index contributed by atoms with van der Waals surface area (Å²) >= 11 is 3.42. The van der Waals surface area contributed by atoms with Crippen LogP contribution in [0.2, 0.25) is 0 Å². The van der Waals surface area contributed by atoms with E-state index in [2.05, 4.69) is 20.9 Å². The van der Waals surface area contributed by atoms with Crippen LogP contribution >= 0.6 is 15.9 Å². The molecular weight excluding hydrogens is 280 g/mol. The molecule has 3 nitrogen and oxygen atoms in total. The van der Waals surface area contributed by atoms with Crippen LogP contribution in [0.4, 0.5) is 0 Å². The molecule has 0 atom stereocenters. The molecule has 3 aromatic rings. The summed E-state index contributed by atoms with van der Waals surface area (Å²) in [5.74, 6) is 1.54. The zero-order valence-electron chi connectivity index (χ0n) is 8.88. The van der Waals surface area contributed by atoms with Gasteiger partial charge in [-0.1, -0.05) is 28.1 Å². The fourth-order valence-corrected chi connectivity index (χ4v) is 2.03. The van der Waals surface area contributed by atoms with E-state index in [1.54, 1.807) is 6.20 Å². The molecule has 0 bridgehead atoms. The number of nitrogens with zero attached hydrogens (tertiary/aromatic N) is 2. The van der Waals surface area contributed by atoms with Gasteiger partial charge in [-0.25, -0.2) is 4.98 Å². The van der Waals surface area contributed by atoms with Gasteiger partial charge in [0.25, 0.3) is 0 Å². The Kier molecular flexibility index (Phi) is 2.57. The van der Waals surface area contributed by atoms with Crippen molar-refractivity contribution in [2.75, 3.05) is 0 Å². The predicted octanol–water partition coefficient (Wildman–Crippen LogP) is 3.89. The van der Waals surface area contributed by atoms with Crippen molar-refractivity contribution in [2.24, 2.45) is 0 Å². The van der Waals surface area contributed by atoms with Crippen LogP contribution in [-0.2, 0) is 0 Å². The lowest BCUT2D eigenvalue weighted by Crippen LogP contribution is -1.92. The zero-order chi connectivity index (χ0) is 11.7. The van der Waals surface area contributed by atoms with Gasteiger partial charge in [0.15, 0.2) is 0 Å². The number of fused-ring (bicyclic) bond motifs is 1. The van der Waals surface area contributed by atoms with Gasteiger partial charge in [0.1, 0.15) is 11.4 Å². The number of imidazole rings is 1. The van der Waals surface area contributed by atoms with Gasteiger partial charge in [-0.3, -0.25) is 4.40 Å². The molecule has 0 spiro atoms. The molecule has 2 aromatic heterocycles. The molecule has 0 saturated heterocycles. The first-order chi connectivity index (χ1) is 8.33. The van der Waals surface area contributed by atoms with Gasteiger partial charge < -0.3 is 4.74 Å². The summed E-state index contributed by atoms with van der Waals surface area (Å²) in [6, 6.07) is 13.5. The molecule has 2 heterocycles. The van der Waals surface area contributed by atoms with Crippen LogP contribution in [0.1, 0.15) is 0 Å². The molecule has 0 amide bonds. The van der Waals surface area contributed by atoms with E-state index in [1.807, 2.05) is 53.1 Å². The Labute approximate surface area is 107 Å². The van der Waals surface area contributed by atoms with Crippen molar-refractivity contribution in [1.82, 2.24) is 9.38 Å². The van der Waals surface area contributed by atoms with Crippen molar-refractivity contribution in [2.45, 2.75) is 0 Å². The number of ether oxygens (including phenoxy) is 1. The first-order valence-corrected chi connectivity index (χ1v) is 5.98. The second kappa shape index (κ2) is 4.22. The average Bonchev–Trinajstić information content (AvgIpc) is 2.78. The molecule has 0 aliphatic heterocycles. The third kappa shape index (κ3) is 2.03. The molecule has 0 radical (unpaired) electrons. The number of hydrogen-bond acceptors (Lipinski definition) is 2. The van der Waals surface area contributed by atoms with Crippen molar-refractivity contribution >= 4 is 21.6 Å². The lowest BCUT2D eigenvalue weighted by Gasteiger charge is -2.07. The number of rotatable bonds is 2. The van der Waals surface area contributed by atoms with Crippen molar-refractivity contribution in [1.29, 1.82) is 0 Å². The monoisotopic (exact) mass is 288 g/mol. The van der Waals surface area contributed by atoms with Crippen molar-refractivity contribution < 1.29 is 4.74 Å². The molecule has 0 saturated carbocycles. The summed E-state index contributed by atoms with van der Waals surface area (Å²) in [6.07, 6.45) is 3.63. The highest BCUT2D eigenvalue weighted by molar-refractivity contribution is 9.10. The fourth-order valence-electron chi connectivity index (χ4n) is 1.66. The average molecular weight is 289 g/mol. The smallest absolute Gasteiger partial charge is 0.205 e. The Hall–Kier alpha value is -1.81. The predicted molar refractivity (Wildman–Crippen MR) is 69.4 cm³/mol. The van der Waals surface area contributed by atoms with Gasteiger partial charge in [-0.05, 0) is 30.3 Å². The minimum absolute atomic E-state index is 0.748. The highest BCUT2D eigenvalue weighted by Crippen LogP contribution is 2.24. The number of pyridine rings is 1. The van der Waals surface area contributed by atoms with E-state index >= 15 is 0 Å². The number of hydrogen-bond donors (Lipinski definition) is 0. The third-order valence-corrected chi connectivity index (χ3v) is 2.90. The van der Waals surface area contributed by atoms with E-state index in [1.165, 1.54) is 0 Å². The third-order valence-electron chi connectivity index (χ3n) is 2.41. The quantitative estimate of drug-likeness (QED) is 0.715. The molecule has 0 fully saturated rings. The van der Waals surface area contributed by atoms with Crippen LogP contribution in [0, 0.1) is 0 Å². The van der Waals surface area contributed by atoms with Crippen LogP contribution in [0.5, 0.6) is 11.6 Å². The van der Waals surface area contributed by atoms with Crippen LogP contribution in [0.25, 0.3) is 5.65 Å². The highest BCUT2D eigenvalue weighted by atomic mass is 79.9. The number of halogens is 1. The summed E-state index contributed by atoms with van der Waals surface area (Å²) in [6.45, 7) is 0. The Bertz CT molecular complexity index is 663. The van der Waals surface area contributed by atoms with E-state index in [-0.39, 0.29) is 0 Å². The Balaban J connectivity index is 2.02. The Morgan fingerprint density at radius 3 is 2.88 bits per heavy atom. The zero-order valence-corrected chi connectivity index (χ0v) is 10.5. The van der Waals surface area contributed by atoms with E-state index in [0.717, 1.165) is 21.7 Å². The maximum Gasteiger partial charge on any atom is 0.205 e. The largest absolute Gasteiger partial charge is 0.440 e. The van der Waals surface area contributed by atoms with E-state index < -0.39 is 0 Å². The Morgan fingerprint density at radius 2 is 2.00 bits per heavy atom. The molecule has 84 valence electrons. The molecular formula is C13H9BrN2O. The van der Waals surface area contributed by atoms with Gasteiger partial charge in [0, 0.05) is 16.9 Å². The van der Waals surface area contributed by atoms with Crippen LogP contribution < -0.4 is 4.74 Å². The SMILES string of the molecule is Brc1cccc(Oc2cccc3nccn23)c1. The van der Waals surface area contributed by atoms with Crippen LogP contribution in [0.15, 0.2) is 59.3 Å². The van der Waals surface area contributed by atoms with Crippen molar-refractivity contribution in [3.05, 3.63) is 59.3 Å². The van der Waals surface area contributed by atoms with Crippen LogP contribution in [-0.4, -0.2) is 9.38 Å². The lowest BCUT2D eigenvalue weighted by atomic mass is 10.3. The summed E-state index contributed by atoms with van der Waals surface area (Å²) in [5, 5.41) is 0. The van der Waals surface area contributed by atoms with Crippen molar-refractivity contribution in [3.63, 3.8) is 0 Å². The first kappa shape index (κ1) is 10.4. The normalized spacial score (nSPS) is 10.6. The standard InChI is InChI=1S/C13H9BrN2O/c14-10-3-1-4-11(9-10)17-13-6-2-5-12-15-7-8-16(12)13/h1-9H. The molecule has 4 heteroatoms. The fraction of sp³-hybridized carbons (Fsp3) is 0. The van der Waals surface area contributed by atoms with Gasteiger partial charge in [-0.15, -0.1) is 0 Å².